The summed E-state index contributed by atoms with van der Waals surface area (Å²) >= 11 is 1.56. The number of piperazine rings is 1. The number of hydrogen-bond acceptors (Lipinski definition) is 3. The van der Waals surface area contributed by atoms with Crippen LogP contribution < -0.4 is 4.90 Å². The standard InChI is InChI=1S/C26H31N5OS/c1-18-7-5-6-8-23(18)31-26-22(21(4)27-31)17-24(33-26)25(32)29-14-11-28(12-15-29)13-16-30-19(2)9-10-20(30)3/h5-10,17H,11-16H2,1-4H3/p+1. The molecular formula is C26H32N5OS+. The van der Waals surface area contributed by atoms with Crippen LogP contribution in [0.1, 0.15) is 32.3 Å². The van der Waals surface area contributed by atoms with Crippen LogP contribution in [-0.2, 0) is 6.54 Å². The molecule has 1 aliphatic heterocycles. The maximum Gasteiger partial charge on any atom is 0.264 e. The van der Waals surface area contributed by atoms with Crippen molar-refractivity contribution in [1.82, 2.24) is 19.2 Å². The highest BCUT2D eigenvalue weighted by atomic mass is 32.1. The highest BCUT2D eigenvalue weighted by Gasteiger charge is 2.27. The molecule has 0 unspecified atom stereocenters. The van der Waals surface area contributed by atoms with Crippen LogP contribution in [0, 0.1) is 27.7 Å². The number of aromatic nitrogens is 3. The van der Waals surface area contributed by atoms with E-state index in [1.54, 1.807) is 16.2 Å². The maximum absolute atomic E-state index is 13.3. The molecule has 5 rings (SSSR count). The van der Waals surface area contributed by atoms with Gasteiger partial charge in [-0.25, -0.2) is 4.68 Å². The largest absolute Gasteiger partial charge is 0.344 e. The molecular weight excluding hydrogens is 430 g/mol. The van der Waals surface area contributed by atoms with Crippen LogP contribution in [0.2, 0.25) is 0 Å². The zero-order valence-electron chi connectivity index (χ0n) is 19.9. The van der Waals surface area contributed by atoms with E-state index in [4.69, 9.17) is 5.10 Å². The fourth-order valence-corrected chi connectivity index (χ4v) is 6.01. The molecule has 1 aliphatic rings. The van der Waals surface area contributed by atoms with Crippen molar-refractivity contribution < 1.29 is 9.69 Å². The van der Waals surface area contributed by atoms with Crippen molar-refractivity contribution in [2.24, 2.45) is 0 Å². The Hall–Kier alpha value is -2.90. The minimum absolute atomic E-state index is 0.156. The predicted molar refractivity (Wildman–Crippen MR) is 134 cm³/mol. The lowest BCUT2D eigenvalue weighted by Gasteiger charge is -2.32. The smallest absolute Gasteiger partial charge is 0.264 e. The normalized spacial score (nSPS) is 15.0. The van der Waals surface area contributed by atoms with Crippen LogP contribution >= 0.6 is 11.3 Å². The minimum atomic E-state index is 0.156. The van der Waals surface area contributed by atoms with Gasteiger partial charge in [0.2, 0.25) is 0 Å². The van der Waals surface area contributed by atoms with Crippen LogP contribution in [-0.4, -0.2) is 57.9 Å². The number of quaternary nitrogens is 1. The number of benzene rings is 1. The van der Waals surface area contributed by atoms with Gasteiger partial charge in [-0.05, 0) is 57.5 Å². The Bertz CT molecular complexity index is 1290. The van der Waals surface area contributed by atoms with Gasteiger partial charge in [-0.2, -0.15) is 5.10 Å². The zero-order valence-corrected chi connectivity index (χ0v) is 20.7. The van der Waals surface area contributed by atoms with E-state index in [2.05, 4.69) is 49.6 Å². The van der Waals surface area contributed by atoms with E-state index < -0.39 is 0 Å². The van der Waals surface area contributed by atoms with Crippen molar-refractivity contribution in [3.05, 3.63) is 70.0 Å². The first kappa shape index (κ1) is 21.9. The van der Waals surface area contributed by atoms with Gasteiger partial charge in [-0.15, -0.1) is 11.3 Å². The second-order valence-electron chi connectivity index (χ2n) is 9.17. The van der Waals surface area contributed by atoms with E-state index in [-0.39, 0.29) is 5.91 Å². The highest BCUT2D eigenvalue weighted by molar-refractivity contribution is 7.20. The third kappa shape index (κ3) is 4.11. The fourth-order valence-electron chi connectivity index (χ4n) is 4.87. The Morgan fingerprint density at radius 2 is 1.73 bits per heavy atom. The Morgan fingerprint density at radius 1 is 1.03 bits per heavy atom. The van der Waals surface area contributed by atoms with E-state index in [1.165, 1.54) is 17.0 Å². The molecule has 1 N–H and O–H groups in total. The zero-order chi connectivity index (χ0) is 23.1. The third-order valence-electron chi connectivity index (χ3n) is 6.96. The molecule has 0 atom stereocenters. The number of carbonyl (C=O) groups is 1. The molecule has 1 saturated heterocycles. The van der Waals surface area contributed by atoms with Crippen molar-refractivity contribution >= 4 is 27.5 Å². The fraction of sp³-hybridized carbons (Fsp3) is 0.385. The molecule has 0 saturated carbocycles. The molecule has 0 bridgehead atoms. The SMILES string of the molecule is Cc1ccccc1-n1nc(C)c2cc(C(=O)N3CC[NH+](CCn4c(C)ccc4C)CC3)sc21. The summed E-state index contributed by atoms with van der Waals surface area (Å²) in [6.07, 6.45) is 0. The van der Waals surface area contributed by atoms with E-state index in [0.717, 1.165) is 65.7 Å². The summed E-state index contributed by atoms with van der Waals surface area (Å²) in [5, 5.41) is 5.83. The Morgan fingerprint density at radius 3 is 2.42 bits per heavy atom. The molecule has 6 nitrogen and oxygen atoms in total. The number of aryl methyl sites for hydroxylation is 4. The Balaban J connectivity index is 1.27. The van der Waals surface area contributed by atoms with Gasteiger partial charge in [0.05, 0.1) is 55.5 Å². The molecule has 0 radical (unpaired) electrons. The first-order valence-electron chi connectivity index (χ1n) is 11.7. The third-order valence-corrected chi connectivity index (χ3v) is 8.06. The average molecular weight is 463 g/mol. The molecule has 4 aromatic rings. The number of nitrogens with zero attached hydrogens (tertiary/aromatic N) is 4. The summed E-state index contributed by atoms with van der Waals surface area (Å²) in [5.74, 6) is 0.156. The van der Waals surface area contributed by atoms with Crippen LogP contribution in [0.3, 0.4) is 0 Å². The van der Waals surface area contributed by atoms with Gasteiger partial charge in [0.15, 0.2) is 0 Å². The van der Waals surface area contributed by atoms with Gasteiger partial charge in [-0.3, -0.25) is 4.79 Å². The average Bonchev–Trinajstić information content (AvgIpc) is 3.48. The van der Waals surface area contributed by atoms with E-state index in [0.29, 0.717) is 0 Å². The lowest BCUT2D eigenvalue weighted by atomic mass is 10.2. The molecule has 7 heteroatoms. The van der Waals surface area contributed by atoms with Crippen LogP contribution in [0.5, 0.6) is 0 Å². The molecule has 0 spiro atoms. The van der Waals surface area contributed by atoms with Crippen LogP contribution in [0.15, 0.2) is 42.5 Å². The molecule has 33 heavy (non-hydrogen) atoms. The van der Waals surface area contributed by atoms with E-state index >= 15 is 0 Å². The van der Waals surface area contributed by atoms with Crippen molar-refractivity contribution in [1.29, 1.82) is 0 Å². The molecule has 172 valence electrons. The molecule has 0 aliphatic carbocycles. The predicted octanol–water partition coefficient (Wildman–Crippen LogP) is 3.16. The van der Waals surface area contributed by atoms with E-state index in [9.17, 15) is 4.79 Å². The van der Waals surface area contributed by atoms with Gasteiger partial charge < -0.3 is 14.4 Å². The van der Waals surface area contributed by atoms with Crippen LogP contribution in [0.25, 0.3) is 15.9 Å². The molecule has 1 aromatic carbocycles. The summed E-state index contributed by atoms with van der Waals surface area (Å²) in [5.41, 5.74) is 5.86. The molecule has 1 amide bonds. The molecule has 3 aromatic heterocycles. The number of rotatable bonds is 5. The number of hydrogen-bond donors (Lipinski definition) is 1. The lowest BCUT2D eigenvalue weighted by molar-refractivity contribution is -0.904. The van der Waals surface area contributed by atoms with Gasteiger partial charge in [-0.1, -0.05) is 18.2 Å². The van der Waals surface area contributed by atoms with Crippen molar-refractivity contribution in [2.75, 3.05) is 32.7 Å². The summed E-state index contributed by atoms with van der Waals surface area (Å²) in [6.45, 7) is 14.2. The lowest BCUT2D eigenvalue weighted by Crippen LogP contribution is -3.15. The highest BCUT2D eigenvalue weighted by Crippen LogP contribution is 2.31. The number of carbonyl (C=O) groups excluding carboxylic acids is 1. The monoisotopic (exact) mass is 462 g/mol. The summed E-state index contributed by atoms with van der Waals surface area (Å²) in [4.78, 5) is 18.8. The number of para-hydroxylation sites is 1. The number of amides is 1. The quantitative estimate of drug-likeness (QED) is 0.495. The van der Waals surface area contributed by atoms with Crippen molar-refractivity contribution in [3.63, 3.8) is 0 Å². The second-order valence-corrected chi connectivity index (χ2v) is 10.2. The van der Waals surface area contributed by atoms with Crippen molar-refractivity contribution in [3.8, 4) is 5.69 Å². The summed E-state index contributed by atoms with van der Waals surface area (Å²) in [6, 6.07) is 14.7. The molecule has 4 heterocycles. The topological polar surface area (TPSA) is 47.5 Å². The minimum Gasteiger partial charge on any atom is -0.344 e. The maximum atomic E-state index is 13.3. The Labute approximate surface area is 199 Å². The second kappa shape index (κ2) is 8.80. The number of nitrogens with one attached hydrogen (secondary N) is 1. The van der Waals surface area contributed by atoms with Gasteiger partial charge in [0, 0.05) is 16.8 Å². The van der Waals surface area contributed by atoms with Crippen molar-refractivity contribution in [2.45, 2.75) is 34.2 Å². The van der Waals surface area contributed by atoms with E-state index in [1.807, 2.05) is 34.7 Å². The first-order valence-corrected chi connectivity index (χ1v) is 12.5. The van der Waals surface area contributed by atoms with Gasteiger partial charge in [0.25, 0.3) is 5.91 Å². The number of thiophene rings is 1. The Kier molecular flexibility index (Phi) is 5.85. The van der Waals surface area contributed by atoms with Gasteiger partial charge in [0.1, 0.15) is 4.83 Å². The summed E-state index contributed by atoms with van der Waals surface area (Å²) < 4.78 is 4.39. The molecule has 1 fully saturated rings. The first-order chi connectivity index (χ1) is 15.9. The van der Waals surface area contributed by atoms with Crippen LogP contribution in [0.4, 0.5) is 0 Å². The number of fused-ring (bicyclic) bond motifs is 1. The summed E-state index contributed by atoms with van der Waals surface area (Å²) in [7, 11) is 0. The van der Waals surface area contributed by atoms with Gasteiger partial charge >= 0.3 is 0 Å².